The highest BCUT2D eigenvalue weighted by atomic mass is 16.4. The predicted octanol–water partition coefficient (Wildman–Crippen LogP) is 3.50. The fourth-order valence-corrected chi connectivity index (χ4v) is 4.32. The van der Waals surface area contributed by atoms with Gasteiger partial charge in [-0.2, -0.15) is 0 Å². The van der Waals surface area contributed by atoms with Crippen LogP contribution in [-0.4, -0.2) is 7.05 Å². The van der Waals surface area contributed by atoms with Crippen molar-refractivity contribution in [2.24, 2.45) is 0 Å². The number of rotatable bonds is 3. The molecule has 0 radical (unpaired) electrons. The maximum atomic E-state index is 12.1. The summed E-state index contributed by atoms with van der Waals surface area (Å²) in [4.78, 5) is 13.5. The number of quaternary nitrogens is 1. The minimum atomic E-state index is -0.257. The molecular weight excluding hydrogens is 322 g/mol. The van der Waals surface area contributed by atoms with Gasteiger partial charge >= 0.3 is 5.63 Å². The van der Waals surface area contributed by atoms with Crippen molar-refractivity contribution in [2.45, 2.75) is 45.7 Å². The second kappa shape index (κ2) is 6.73. The normalized spacial score (nSPS) is 17.9. The minimum Gasteiger partial charge on any atom is -0.423 e. The average Bonchev–Trinajstić information content (AvgIpc) is 2.62. The van der Waals surface area contributed by atoms with Crippen LogP contribution in [0.3, 0.4) is 0 Å². The first kappa shape index (κ1) is 17.0. The van der Waals surface area contributed by atoms with Crippen LogP contribution >= 0.6 is 0 Å². The summed E-state index contributed by atoms with van der Waals surface area (Å²) >= 11 is 0. The molecule has 1 aliphatic rings. The molecule has 3 nitrogen and oxygen atoms in total. The van der Waals surface area contributed by atoms with E-state index in [1.165, 1.54) is 40.9 Å². The maximum Gasteiger partial charge on any atom is 0.336 e. The van der Waals surface area contributed by atoms with Crippen molar-refractivity contribution in [3.05, 3.63) is 80.7 Å². The van der Waals surface area contributed by atoms with Crippen molar-refractivity contribution in [3.8, 4) is 0 Å². The van der Waals surface area contributed by atoms with Crippen molar-refractivity contribution in [3.63, 3.8) is 0 Å². The molecule has 3 heteroatoms. The van der Waals surface area contributed by atoms with Crippen LogP contribution in [0.2, 0.25) is 0 Å². The molecule has 0 bridgehead atoms. The van der Waals surface area contributed by atoms with Gasteiger partial charge in [-0.05, 0) is 55.5 Å². The smallest absolute Gasteiger partial charge is 0.336 e. The lowest BCUT2D eigenvalue weighted by molar-refractivity contribution is -0.926. The molecular formula is C23H26NO2+. The molecule has 3 aromatic rings. The molecule has 134 valence electrons. The van der Waals surface area contributed by atoms with Crippen molar-refractivity contribution in [1.82, 2.24) is 0 Å². The summed E-state index contributed by atoms with van der Waals surface area (Å²) in [5.74, 6) is 0. The molecule has 0 amide bonds. The fraction of sp³-hybridized carbons (Fsp3) is 0.348. The third-order valence-corrected chi connectivity index (χ3v) is 5.88. The first-order chi connectivity index (χ1) is 12.5. The average molecular weight is 348 g/mol. The van der Waals surface area contributed by atoms with Gasteiger partial charge in [0.25, 0.3) is 0 Å². The molecule has 2 aromatic carbocycles. The van der Waals surface area contributed by atoms with Gasteiger partial charge < -0.3 is 9.32 Å². The molecule has 26 heavy (non-hydrogen) atoms. The number of aryl methyl sites for hydroxylation is 3. The zero-order valence-corrected chi connectivity index (χ0v) is 15.8. The van der Waals surface area contributed by atoms with Crippen molar-refractivity contribution in [2.75, 3.05) is 7.05 Å². The second-order valence-electron chi connectivity index (χ2n) is 7.69. The molecule has 0 saturated carbocycles. The quantitative estimate of drug-likeness (QED) is 0.735. The highest BCUT2D eigenvalue weighted by Crippen LogP contribution is 2.28. The SMILES string of the molecule is Cc1cc2oc(=O)cc(C[NH+](C)[C@H]3CCCc4ccccc43)c2cc1C. The summed E-state index contributed by atoms with van der Waals surface area (Å²) in [7, 11) is 2.24. The summed E-state index contributed by atoms with van der Waals surface area (Å²) < 4.78 is 5.46. The summed E-state index contributed by atoms with van der Waals surface area (Å²) in [5, 5.41) is 1.07. The Labute approximate surface area is 154 Å². The van der Waals surface area contributed by atoms with E-state index < -0.39 is 0 Å². The van der Waals surface area contributed by atoms with E-state index in [4.69, 9.17) is 4.42 Å². The lowest BCUT2D eigenvalue weighted by atomic mass is 9.87. The Bertz CT molecular complexity index is 1020. The van der Waals surface area contributed by atoms with Gasteiger partial charge in [0.2, 0.25) is 0 Å². The molecule has 1 aliphatic carbocycles. The summed E-state index contributed by atoms with van der Waals surface area (Å²) in [6, 6.07) is 15.1. The Kier molecular flexibility index (Phi) is 4.41. The summed E-state index contributed by atoms with van der Waals surface area (Å²) in [6.07, 6.45) is 3.60. The minimum absolute atomic E-state index is 0.257. The second-order valence-corrected chi connectivity index (χ2v) is 7.69. The Balaban J connectivity index is 1.72. The zero-order chi connectivity index (χ0) is 18.3. The molecule has 1 unspecified atom stereocenters. The van der Waals surface area contributed by atoms with Crippen LogP contribution in [-0.2, 0) is 13.0 Å². The van der Waals surface area contributed by atoms with Gasteiger partial charge in [0.1, 0.15) is 18.2 Å². The van der Waals surface area contributed by atoms with E-state index in [1.807, 2.05) is 6.07 Å². The van der Waals surface area contributed by atoms with E-state index >= 15 is 0 Å². The van der Waals surface area contributed by atoms with Crippen molar-refractivity contribution < 1.29 is 9.32 Å². The van der Waals surface area contributed by atoms with Crippen molar-refractivity contribution in [1.29, 1.82) is 0 Å². The number of fused-ring (bicyclic) bond motifs is 2. The summed E-state index contributed by atoms with van der Waals surface area (Å²) in [6.45, 7) is 4.99. The molecule has 0 saturated heterocycles. The van der Waals surface area contributed by atoms with Crippen LogP contribution in [0.5, 0.6) is 0 Å². The van der Waals surface area contributed by atoms with Crippen molar-refractivity contribution >= 4 is 11.0 Å². The van der Waals surface area contributed by atoms with Crippen LogP contribution in [0, 0.1) is 13.8 Å². The summed E-state index contributed by atoms with van der Waals surface area (Å²) in [5.41, 5.74) is 6.86. The number of hydrogen-bond donors (Lipinski definition) is 1. The van der Waals surface area contributed by atoms with E-state index in [9.17, 15) is 4.79 Å². The first-order valence-electron chi connectivity index (χ1n) is 9.47. The first-order valence-corrected chi connectivity index (χ1v) is 9.47. The highest BCUT2D eigenvalue weighted by molar-refractivity contribution is 5.81. The number of nitrogens with one attached hydrogen (secondary N) is 1. The van der Waals surface area contributed by atoms with Gasteiger partial charge in [0.15, 0.2) is 0 Å². The van der Waals surface area contributed by atoms with Gasteiger partial charge in [-0.3, -0.25) is 0 Å². The van der Waals surface area contributed by atoms with Crippen LogP contribution < -0.4 is 10.5 Å². The van der Waals surface area contributed by atoms with Gasteiger partial charge in [0, 0.05) is 29.0 Å². The molecule has 2 atom stereocenters. The molecule has 4 rings (SSSR count). The van der Waals surface area contributed by atoms with Gasteiger partial charge in [-0.1, -0.05) is 24.3 Å². The van der Waals surface area contributed by atoms with Crippen LogP contribution in [0.1, 0.15) is 46.7 Å². The van der Waals surface area contributed by atoms with E-state index in [1.54, 1.807) is 6.07 Å². The van der Waals surface area contributed by atoms with Gasteiger partial charge in [-0.15, -0.1) is 0 Å². The third-order valence-electron chi connectivity index (χ3n) is 5.88. The lowest BCUT2D eigenvalue weighted by Gasteiger charge is -2.30. The van der Waals surface area contributed by atoms with Crippen LogP contribution in [0.15, 0.2) is 51.7 Å². The largest absolute Gasteiger partial charge is 0.423 e. The Hall–Kier alpha value is -2.39. The monoisotopic (exact) mass is 348 g/mol. The number of hydrogen-bond acceptors (Lipinski definition) is 2. The van der Waals surface area contributed by atoms with Gasteiger partial charge in [0.05, 0.1) is 7.05 Å². The van der Waals surface area contributed by atoms with Gasteiger partial charge in [-0.25, -0.2) is 4.79 Å². The fourth-order valence-electron chi connectivity index (χ4n) is 4.32. The maximum absolute atomic E-state index is 12.1. The molecule has 0 fully saturated rings. The topological polar surface area (TPSA) is 34.6 Å². The van der Waals surface area contributed by atoms with E-state index in [0.29, 0.717) is 11.6 Å². The van der Waals surface area contributed by atoms with E-state index in [0.717, 1.165) is 23.1 Å². The molecule has 0 aliphatic heterocycles. The van der Waals surface area contributed by atoms with Crippen LogP contribution in [0.4, 0.5) is 0 Å². The molecule has 1 aromatic heterocycles. The third kappa shape index (κ3) is 3.08. The van der Waals surface area contributed by atoms with E-state index in [-0.39, 0.29) is 5.63 Å². The Morgan fingerprint density at radius 2 is 1.88 bits per heavy atom. The van der Waals surface area contributed by atoms with E-state index in [2.05, 4.69) is 51.2 Å². The molecule has 1 N–H and O–H groups in total. The molecule has 0 spiro atoms. The predicted molar refractivity (Wildman–Crippen MR) is 105 cm³/mol. The zero-order valence-electron chi connectivity index (χ0n) is 15.8. The standard InChI is InChI=1S/C23H25NO2/c1-15-11-20-18(13-23(25)26-22(20)12-16(15)2)14-24(3)21-10-6-8-17-7-4-5-9-19(17)21/h4-5,7,9,11-13,21H,6,8,10,14H2,1-3H3/p+1/t21-/m0/s1. The molecule has 1 heterocycles. The highest BCUT2D eigenvalue weighted by Gasteiger charge is 2.27. The van der Waals surface area contributed by atoms with Crippen LogP contribution in [0.25, 0.3) is 11.0 Å². The Morgan fingerprint density at radius 3 is 2.73 bits per heavy atom. The lowest BCUT2D eigenvalue weighted by Crippen LogP contribution is -3.08. The number of benzene rings is 2. The Morgan fingerprint density at radius 1 is 1.12 bits per heavy atom.